The number of nitrogens with zero attached hydrogens (tertiary/aromatic N) is 1. The molecule has 0 unspecified atom stereocenters. The number of ether oxygens (including phenoxy) is 1. The molecule has 0 bridgehead atoms. The fourth-order valence-corrected chi connectivity index (χ4v) is 3.45. The highest BCUT2D eigenvalue weighted by molar-refractivity contribution is 5.78. The van der Waals surface area contributed by atoms with Crippen molar-refractivity contribution in [2.24, 2.45) is 0 Å². The fourth-order valence-electron chi connectivity index (χ4n) is 3.45. The largest absolute Gasteiger partial charge is 0.497 e. The van der Waals surface area contributed by atoms with Gasteiger partial charge in [0.25, 0.3) is 0 Å². The zero-order valence-electron chi connectivity index (χ0n) is 17.3. The second-order valence-electron chi connectivity index (χ2n) is 7.15. The first-order valence-corrected chi connectivity index (χ1v) is 10.1. The Hall–Kier alpha value is -3.78. The molecular weight excluding hydrogens is 366 g/mol. The molecule has 0 radical (unpaired) electrons. The Kier molecular flexibility index (Phi) is 5.95. The van der Waals surface area contributed by atoms with Gasteiger partial charge in [0.2, 0.25) is 0 Å². The van der Waals surface area contributed by atoms with Crippen molar-refractivity contribution >= 4 is 29.2 Å². The Morgan fingerprint density at radius 2 is 1.17 bits per heavy atom. The normalized spacial score (nSPS) is 10.9. The van der Waals surface area contributed by atoms with Crippen LogP contribution in [0, 0.1) is 6.92 Å². The third kappa shape index (κ3) is 4.44. The molecule has 30 heavy (non-hydrogen) atoms. The molecule has 0 saturated heterocycles. The van der Waals surface area contributed by atoms with Crippen molar-refractivity contribution in [2.75, 3.05) is 12.0 Å². The summed E-state index contributed by atoms with van der Waals surface area (Å²) in [6.07, 6.45) is 4.33. The number of methoxy groups -OCH3 is 1. The van der Waals surface area contributed by atoms with Gasteiger partial charge in [0.1, 0.15) is 5.75 Å². The first-order valence-electron chi connectivity index (χ1n) is 10.1. The van der Waals surface area contributed by atoms with Gasteiger partial charge in [0, 0.05) is 17.1 Å². The van der Waals surface area contributed by atoms with E-state index in [2.05, 4.69) is 109 Å². The lowest BCUT2D eigenvalue weighted by Gasteiger charge is -2.25. The first kappa shape index (κ1) is 19.5. The molecule has 0 fully saturated rings. The van der Waals surface area contributed by atoms with Gasteiger partial charge in [0.15, 0.2) is 0 Å². The Bertz CT molecular complexity index is 1110. The van der Waals surface area contributed by atoms with Gasteiger partial charge in [-0.1, -0.05) is 66.7 Å². The number of anilines is 3. The smallest absolute Gasteiger partial charge is 0.119 e. The van der Waals surface area contributed by atoms with Crippen LogP contribution in [0.4, 0.5) is 17.1 Å². The minimum atomic E-state index is 0.850. The molecule has 0 amide bonds. The fraction of sp³-hybridized carbons (Fsp3) is 0.0714. The number of rotatable bonds is 6. The SMILES string of the molecule is COc1ccc(N(c2ccccc2)c2ccc(C=Cc3ccccc3C)cc2)cc1. The quantitative estimate of drug-likeness (QED) is 0.313. The standard InChI is InChI=1S/C28H25NO/c1-22-8-6-7-9-24(22)15-12-23-13-16-26(17-14-23)29(25-10-4-3-5-11-25)27-18-20-28(30-2)21-19-27/h3-21H,1-2H3. The van der Waals surface area contributed by atoms with Gasteiger partial charge in [-0.2, -0.15) is 0 Å². The van der Waals surface area contributed by atoms with E-state index in [-0.39, 0.29) is 0 Å². The third-order valence-corrected chi connectivity index (χ3v) is 5.14. The Labute approximate surface area is 178 Å². The Morgan fingerprint density at radius 1 is 0.600 bits per heavy atom. The van der Waals surface area contributed by atoms with Crippen LogP contribution in [0.15, 0.2) is 103 Å². The van der Waals surface area contributed by atoms with Gasteiger partial charge >= 0.3 is 0 Å². The van der Waals surface area contributed by atoms with Crippen LogP contribution in [0.3, 0.4) is 0 Å². The van der Waals surface area contributed by atoms with Gasteiger partial charge in [-0.15, -0.1) is 0 Å². The zero-order valence-corrected chi connectivity index (χ0v) is 17.3. The summed E-state index contributed by atoms with van der Waals surface area (Å²) < 4.78 is 5.32. The van der Waals surface area contributed by atoms with Crippen molar-refractivity contribution < 1.29 is 4.74 Å². The van der Waals surface area contributed by atoms with Gasteiger partial charge in [-0.25, -0.2) is 0 Å². The average Bonchev–Trinajstić information content (AvgIpc) is 2.81. The summed E-state index contributed by atoms with van der Waals surface area (Å²) in [5.41, 5.74) is 7.01. The maximum Gasteiger partial charge on any atom is 0.119 e. The summed E-state index contributed by atoms with van der Waals surface area (Å²) in [6, 6.07) is 35.6. The molecule has 4 aromatic carbocycles. The topological polar surface area (TPSA) is 12.5 Å². The molecule has 0 heterocycles. The summed E-state index contributed by atoms with van der Waals surface area (Å²) in [5, 5.41) is 0. The van der Waals surface area contributed by atoms with Crippen LogP contribution in [0.25, 0.3) is 12.2 Å². The number of aryl methyl sites for hydroxylation is 1. The van der Waals surface area contributed by atoms with Gasteiger partial charge in [-0.05, 0) is 72.1 Å². The third-order valence-electron chi connectivity index (χ3n) is 5.14. The van der Waals surface area contributed by atoms with Crippen LogP contribution in [0.5, 0.6) is 5.75 Å². The highest BCUT2D eigenvalue weighted by atomic mass is 16.5. The lowest BCUT2D eigenvalue weighted by molar-refractivity contribution is 0.415. The van der Waals surface area contributed by atoms with E-state index in [1.807, 2.05) is 18.2 Å². The minimum Gasteiger partial charge on any atom is -0.497 e. The average molecular weight is 392 g/mol. The highest BCUT2D eigenvalue weighted by Crippen LogP contribution is 2.35. The van der Waals surface area contributed by atoms with Crippen LogP contribution in [0.1, 0.15) is 16.7 Å². The maximum atomic E-state index is 5.32. The zero-order chi connectivity index (χ0) is 20.8. The number of hydrogen-bond acceptors (Lipinski definition) is 2. The van der Waals surface area contributed by atoms with E-state index in [1.54, 1.807) is 7.11 Å². The van der Waals surface area contributed by atoms with Gasteiger partial charge in [0.05, 0.1) is 7.11 Å². The Morgan fingerprint density at radius 3 is 1.80 bits per heavy atom. The Balaban J connectivity index is 1.65. The molecule has 2 nitrogen and oxygen atoms in total. The lowest BCUT2D eigenvalue weighted by Crippen LogP contribution is -2.09. The predicted octanol–water partition coefficient (Wildman–Crippen LogP) is 7.64. The van der Waals surface area contributed by atoms with E-state index in [9.17, 15) is 0 Å². The van der Waals surface area contributed by atoms with Crippen molar-refractivity contribution in [3.05, 3.63) is 120 Å². The molecule has 0 saturated carbocycles. The molecule has 0 N–H and O–H groups in total. The number of hydrogen-bond donors (Lipinski definition) is 0. The highest BCUT2D eigenvalue weighted by Gasteiger charge is 2.12. The molecule has 0 aliphatic carbocycles. The molecule has 0 atom stereocenters. The van der Waals surface area contributed by atoms with Crippen LogP contribution in [-0.2, 0) is 0 Å². The molecule has 0 aliphatic rings. The van der Waals surface area contributed by atoms with Crippen LogP contribution in [-0.4, -0.2) is 7.11 Å². The van der Waals surface area contributed by atoms with Crippen LogP contribution < -0.4 is 9.64 Å². The summed E-state index contributed by atoms with van der Waals surface area (Å²) in [5.74, 6) is 0.850. The van der Waals surface area contributed by atoms with Crippen molar-refractivity contribution in [1.82, 2.24) is 0 Å². The van der Waals surface area contributed by atoms with Crippen LogP contribution in [0.2, 0.25) is 0 Å². The van der Waals surface area contributed by atoms with Gasteiger partial charge in [-0.3, -0.25) is 0 Å². The molecule has 0 spiro atoms. The van der Waals surface area contributed by atoms with Crippen LogP contribution >= 0.6 is 0 Å². The second-order valence-corrected chi connectivity index (χ2v) is 7.15. The summed E-state index contributed by atoms with van der Waals surface area (Å²) >= 11 is 0. The van der Waals surface area contributed by atoms with E-state index in [0.29, 0.717) is 0 Å². The van der Waals surface area contributed by atoms with E-state index in [4.69, 9.17) is 4.74 Å². The summed E-state index contributed by atoms with van der Waals surface area (Å²) in [4.78, 5) is 2.24. The second kappa shape index (κ2) is 9.15. The number of benzene rings is 4. The van der Waals surface area contributed by atoms with Crippen molar-refractivity contribution in [1.29, 1.82) is 0 Å². The predicted molar refractivity (Wildman–Crippen MR) is 128 cm³/mol. The molecule has 2 heteroatoms. The molecule has 0 aromatic heterocycles. The van der Waals surface area contributed by atoms with Crippen molar-refractivity contribution in [3.8, 4) is 5.75 Å². The van der Waals surface area contributed by atoms with E-state index in [1.165, 1.54) is 16.7 Å². The first-order chi connectivity index (χ1) is 14.7. The molecular formula is C28H25NO. The maximum absolute atomic E-state index is 5.32. The van der Waals surface area contributed by atoms with E-state index in [0.717, 1.165) is 22.8 Å². The molecule has 4 rings (SSSR count). The minimum absolute atomic E-state index is 0.850. The van der Waals surface area contributed by atoms with E-state index < -0.39 is 0 Å². The lowest BCUT2D eigenvalue weighted by atomic mass is 10.1. The number of para-hydroxylation sites is 1. The van der Waals surface area contributed by atoms with E-state index >= 15 is 0 Å². The van der Waals surface area contributed by atoms with Crippen molar-refractivity contribution in [3.63, 3.8) is 0 Å². The van der Waals surface area contributed by atoms with Gasteiger partial charge < -0.3 is 9.64 Å². The molecule has 4 aromatic rings. The van der Waals surface area contributed by atoms with Crippen molar-refractivity contribution in [2.45, 2.75) is 6.92 Å². The monoisotopic (exact) mass is 391 g/mol. The summed E-state index contributed by atoms with van der Waals surface area (Å²) in [7, 11) is 1.69. The summed E-state index contributed by atoms with van der Waals surface area (Å²) in [6.45, 7) is 2.13. The molecule has 0 aliphatic heterocycles. The molecule has 148 valence electrons.